The maximum atomic E-state index is 4.41. The van der Waals surface area contributed by atoms with Gasteiger partial charge in [0, 0.05) is 36.3 Å². The van der Waals surface area contributed by atoms with Gasteiger partial charge in [0.05, 0.1) is 16.9 Å². The van der Waals surface area contributed by atoms with Crippen molar-refractivity contribution in [3.05, 3.63) is 33.5 Å². The van der Waals surface area contributed by atoms with E-state index in [1.807, 2.05) is 17.2 Å². The van der Waals surface area contributed by atoms with E-state index in [0.29, 0.717) is 0 Å². The van der Waals surface area contributed by atoms with Gasteiger partial charge in [0.25, 0.3) is 0 Å². The Morgan fingerprint density at radius 3 is 2.76 bits per heavy atom. The first kappa shape index (κ1) is 12.3. The molecule has 92 valence electrons. The fourth-order valence-corrected chi connectivity index (χ4v) is 2.52. The van der Waals surface area contributed by atoms with Gasteiger partial charge in [-0.1, -0.05) is 0 Å². The van der Waals surface area contributed by atoms with Gasteiger partial charge in [-0.05, 0) is 20.8 Å². The molecule has 0 bridgehead atoms. The molecule has 2 rings (SSSR count). The third-order valence-electron chi connectivity index (χ3n) is 3.14. The van der Waals surface area contributed by atoms with E-state index in [-0.39, 0.29) is 6.04 Å². The largest absolute Gasteiger partial charge is 0.305 e. The number of aromatic nitrogens is 3. The Morgan fingerprint density at radius 2 is 2.24 bits per heavy atom. The Morgan fingerprint density at radius 1 is 1.47 bits per heavy atom. The molecule has 0 spiro atoms. The van der Waals surface area contributed by atoms with E-state index in [0.717, 1.165) is 17.9 Å². The van der Waals surface area contributed by atoms with Crippen LogP contribution in [0.5, 0.6) is 0 Å². The lowest BCUT2D eigenvalue weighted by atomic mass is 10.2. The average Bonchev–Trinajstić information content (AvgIpc) is 2.88. The minimum Gasteiger partial charge on any atom is -0.305 e. The van der Waals surface area contributed by atoms with E-state index in [1.165, 1.54) is 11.3 Å². The van der Waals surface area contributed by atoms with E-state index in [2.05, 4.69) is 41.6 Å². The van der Waals surface area contributed by atoms with E-state index in [1.54, 1.807) is 11.3 Å². The standard InChI is InChI=1S/C12H18N4S/c1-8-11(10(3)16(4)15-8)5-13-9(2)12-6-17-7-14-12/h6-7,9,13H,5H2,1-4H3. The number of thiazole rings is 1. The van der Waals surface area contributed by atoms with Gasteiger partial charge in [0.15, 0.2) is 0 Å². The van der Waals surface area contributed by atoms with Crippen LogP contribution in [0, 0.1) is 13.8 Å². The molecule has 1 unspecified atom stereocenters. The zero-order valence-corrected chi connectivity index (χ0v) is 11.5. The molecule has 0 fully saturated rings. The van der Waals surface area contributed by atoms with Crippen LogP contribution >= 0.6 is 11.3 Å². The predicted octanol–water partition coefficient (Wildman–Crippen LogP) is 2.34. The average molecular weight is 250 g/mol. The van der Waals surface area contributed by atoms with Crippen LogP contribution in [0.4, 0.5) is 0 Å². The molecule has 0 aliphatic heterocycles. The molecule has 0 saturated carbocycles. The second-order valence-corrected chi connectivity index (χ2v) is 5.01. The summed E-state index contributed by atoms with van der Waals surface area (Å²) in [5, 5.41) is 9.99. The van der Waals surface area contributed by atoms with Gasteiger partial charge in [-0.25, -0.2) is 4.98 Å². The van der Waals surface area contributed by atoms with Crippen LogP contribution in [0.15, 0.2) is 10.9 Å². The van der Waals surface area contributed by atoms with Gasteiger partial charge in [0.1, 0.15) is 0 Å². The first-order valence-corrected chi connectivity index (χ1v) is 6.64. The summed E-state index contributed by atoms with van der Waals surface area (Å²) in [7, 11) is 1.98. The summed E-state index contributed by atoms with van der Waals surface area (Å²) < 4.78 is 1.93. The normalized spacial score (nSPS) is 12.9. The SMILES string of the molecule is Cc1nn(C)c(C)c1CNC(C)c1cscn1. The molecule has 0 aromatic carbocycles. The number of rotatable bonds is 4. The van der Waals surface area contributed by atoms with E-state index in [4.69, 9.17) is 0 Å². The highest BCUT2D eigenvalue weighted by Crippen LogP contribution is 2.15. The summed E-state index contributed by atoms with van der Waals surface area (Å²) in [6.45, 7) is 7.13. The lowest BCUT2D eigenvalue weighted by molar-refractivity contribution is 0.561. The minimum absolute atomic E-state index is 0.278. The molecule has 1 N–H and O–H groups in total. The Bertz CT molecular complexity index is 487. The first-order valence-electron chi connectivity index (χ1n) is 5.70. The third kappa shape index (κ3) is 2.56. The highest BCUT2D eigenvalue weighted by molar-refractivity contribution is 7.07. The molecule has 0 aliphatic rings. The van der Waals surface area contributed by atoms with Crippen LogP contribution in [0.25, 0.3) is 0 Å². The first-order chi connectivity index (χ1) is 8.09. The molecule has 2 heterocycles. The van der Waals surface area contributed by atoms with Crippen LogP contribution < -0.4 is 5.32 Å². The molecule has 0 saturated heterocycles. The molecule has 0 radical (unpaired) electrons. The summed E-state index contributed by atoms with van der Waals surface area (Å²) in [4.78, 5) is 4.31. The number of nitrogens with one attached hydrogen (secondary N) is 1. The van der Waals surface area contributed by atoms with E-state index < -0.39 is 0 Å². The topological polar surface area (TPSA) is 42.7 Å². The number of nitrogens with zero attached hydrogens (tertiary/aromatic N) is 3. The van der Waals surface area contributed by atoms with Crippen LogP contribution in [-0.2, 0) is 13.6 Å². The number of hydrogen-bond acceptors (Lipinski definition) is 4. The quantitative estimate of drug-likeness (QED) is 0.905. The molecule has 0 amide bonds. The highest BCUT2D eigenvalue weighted by Gasteiger charge is 2.12. The summed E-state index contributed by atoms with van der Waals surface area (Å²) in [5.74, 6) is 0. The molecule has 2 aromatic heterocycles. The van der Waals surface area contributed by atoms with Crippen molar-refractivity contribution in [3.8, 4) is 0 Å². The predicted molar refractivity (Wildman–Crippen MR) is 70.1 cm³/mol. The number of aryl methyl sites for hydroxylation is 2. The summed E-state index contributed by atoms with van der Waals surface area (Å²) in [6, 6.07) is 0.278. The summed E-state index contributed by atoms with van der Waals surface area (Å²) >= 11 is 1.63. The van der Waals surface area contributed by atoms with Gasteiger partial charge in [-0.15, -0.1) is 11.3 Å². The molecular weight excluding hydrogens is 232 g/mol. The second kappa shape index (κ2) is 4.98. The fourth-order valence-electron chi connectivity index (χ4n) is 1.87. The van der Waals surface area contributed by atoms with Crippen LogP contribution in [0.2, 0.25) is 0 Å². The minimum atomic E-state index is 0.278. The molecule has 2 aromatic rings. The third-order valence-corrected chi connectivity index (χ3v) is 3.74. The molecular formula is C12H18N4S. The van der Waals surface area contributed by atoms with Crippen molar-refractivity contribution in [1.29, 1.82) is 0 Å². The van der Waals surface area contributed by atoms with Gasteiger partial charge in [-0.2, -0.15) is 5.10 Å². The van der Waals surface area contributed by atoms with Crippen LogP contribution in [-0.4, -0.2) is 14.8 Å². The van der Waals surface area contributed by atoms with E-state index >= 15 is 0 Å². The molecule has 5 heteroatoms. The fraction of sp³-hybridized carbons (Fsp3) is 0.500. The summed E-state index contributed by atoms with van der Waals surface area (Å²) in [5.41, 5.74) is 6.58. The van der Waals surface area contributed by atoms with Crippen molar-refractivity contribution in [1.82, 2.24) is 20.1 Å². The van der Waals surface area contributed by atoms with Crippen molar-refractivity contribution < 1.29 is 0 Å². The Kier molecular flexibility index (Phi) is 3.59. The van der Waals surface area contributed by atoms with Gasteiger partial charge >= 0.3 is 0 Å². The van der Waals surface area contributed by atoms with E-state index in [9.17, 15) is 0 Å². The maximum absolute atomic E-state index is 4.41. The van der Waals surface area contributed by atoms with Crippen molar-refractivity contribution in [2.24, 2.45) is 7.05 Å². The highest BCUT2D eigenvalue weighted by atomic mass is 32.1. The van der Waals surface area contributed by atoms with Crippen molar-refractivity contribution >= 4 is 11.3 Å². The van der Waals surface area contributed by atoms with Gasteiger partial charge in [0.2, 0.25) is 0 Å². The van der Waals surface area contributed by atoms with Crippen molar-refractivity contribution in [3.63, 3.8) is 0 Å². The molecule has 0 aliphatic carbocycles. The lowest BCUT2D eigenvalue weighted by Crippen LogP contribution is -2.19. The smallest absolute Gasteiger partial charge is 0.0795 e. The molecule has 17 heavy (non-hydrogen) atoms. The summed E-state index contributed by atoms with van der Waals surface area (Å²) in [6.07, 6.45) is 0. The Hall–Kier alpha value is -1.20. The zero-order valence-electron chi connectivity index (χ0n) is 10.7. The Labute approximate surface area is 106 Å². The van der Waals surface area contributed by atoms with Crippen LogP contribution in [0.1, 0.15) is 35.6 Å². The second-order valence-electron chi connectivity index (χ2n) is 4.29. The van der Waals surface area contributed by atoms with Crippen molar-refractivity contribution in [2.75, 3.05) is 0 Å². The monoisotopic (exact) mass is 250 g/mol. The van der Waals surface area contributed by atoms with Gasteiger partial charge in [-0.3, -0.25) is 4.68 Å². The Balaban J connectivity index is 2.03. The maximum Gasteiger partial charge on any atom is 0.0795 e. The van der Waals surface area contributed by atoms with Gasteiger partial charge < -0.3 is 5.32 Å². The number of hydrogen-bond donors (Lipinski definition) is 1. The lowest BCUT2D eigenvalue weighted by Gasteiger charge is -2.11. The molecule has 1 atom stereocenters. The zero-order chi connectivity index (χ0) is 12.4. The van der Waals surface area contributed by atoms with Crippen LogP contribution in [0.3, 0.4) is 0 Å². The van der Waals surface area contributed by atoms with Crippen molar-refractivity contribution in [2.45, 2.75) is 33.4 Å². The molecule has 4 nitrogen and oxygen atoms in total.